The largest absolute Gasteiger partial charge is 0.447 e. The molecule has 0 bridgehead atoms. The predicted octanol–water partition coefficient (Wildman–Crippen LogP) is 4.82. The molecule has 32 heavy (non-hydrogen) atoms. The lowest BCUT2D eigenvalue weighted by molar-refractivity contribution is -0.161. The van der Waals surface area contributed by atoms with Gasteiger partial charge in [0.05, 0.1) is 27.5 Å². The van der Waals surface area contributed by atoms with E-state index in [4.69, 9.17) is 8.95 Å². The molecule has 0 saturated carbocycles. The van der Waals surface area contributed by atoms with Gasteiger partial charge >= 0.3 is 5.97 Å². The van der Waals surface area contributed by atoms with Gasteiger partial charge in [0.2, 0.25) is 5.91 Å². The highest BCUT2D eigenvalue weighted by Gasteiger charge is 2.61. The van der Waals surface area contributed by atoms with E-state index in [1.54, 1.807) is 17.0 Å². The maximum Gasteiger partial charge on any atom is 0.357 e. The first kappa shape index (κ1) is 24.8. The van der Waals surface area contributed by atoms with Crippen LogP contribution in [0.4, 0.5) is 0 Å². The third-order valence-electron chi connectivity index (χ3n) is 7.43. The summed E-state index contributed by atoms with van der Waals surface area (Å²) in [4.78, 5) is 39.3. The molecule has 8 heteroatoms. The number of fused-ring (bicyclic) bond motifs is 1. The maximum atomic E-state index is 13.3. The average molecular weight is 476 g/mol. The number of amides is 1. The first-order valence-electron chi connectivity index (χ1n) is 11.4. The SMILES string of the molecule is CC[Si](CC)(CC)O[C@H](C)[C@H]1C(=O)N2C(C(=O)OP)=C(c3ccc(C(C)=O)cc3)[C@H](C)[C@H]12. The minimum Gasteiger partial charge on any atom is -0.447 e. The number of carbonyl (C=O) groups is 3. The Bertz CT molecular complexity index is 932. The van der Waals surface area contributed by atoms with Gasteiger partial charge in [0, 0.05) is 11.5 Å². The zero-order valence-electron chi connectivity index (χ0n) is 19.8. The fourth-order valence-electron chi connectivity index (χ4n) is 5.34. The van der Waals surface area contributed by atoms with Gasteiger partial charge in [0.15, 0.2) is 14.1 Å². The highest BCUT2D eigenvalue weighted by molar-refractivity contribution is 7.10. The molecule has 2 heterocycles. The van der Waals surface area contributed by atoms with E-state index in [1.165, 1.54) is 6.92 Å². The van der Waals surface area contributed by atoms with Crippen LogP contribution in [0, 0.1) is 11.8 Å². The van der Waals surface area contributed by atoms with Crippen LogP contribution >= 0.6 is 9.47 Å². The van der Waals surface area contributed by atoms with Crippen LogP contribution in [0.2, 0.25) is 18.1 Å². The second-order valence-corrected chi connectivity index (χ2v) is 13.8. The molecule has 1 aromatic carbocycles. The molecule has 1 unspecified atom stereocenters. The number of nitrogens with zero attached hydrogens (tertiary/aromatic N) is 1. The Labute approximate surface area is 194 Å². The summed E-state index contributed by atoms with van der Waals surface area (Å²) in [6.07, 6.45) is -0.203. The third-order valence-corrected chi connectivity index (χ3v) is 12.4. The Hall–Kier alpha value is -1.82. The Morgan fingerprint density at radius 2 is 1.69 bits per heavy atom. The lowest BCUT2D eigenvalue weighted by atomic mass is 9.77. The quantitative estimate of drug-likeness (QED) is 0.222. The summed E-state index contributed by atoms with van der Waals surface area (Å²) in [5.74, 6) is -0.999. The summed E-state index contributed by atoms with van der Waals surface area (Å²) in [5.41, 5.74) is 2.51. The number of ketones is 1. The molecule has 0 N–H and O–H groups in total. The van der Waals surface area contributed by atoms with E-state index in [2.05, 4.69) is 20.8 Å². The van der Waals surface area contributed by atoms with E-state index < -0.39 is 14.3 Å². The van der Waals surface area contributed by atoms with Crippen molar-refractivity contribution in [3.05, 3.63) is 41.1 Å². The first-order chi connectivity index (χ1) is 15.2. The molecule has 0 aliphatic carbocycles. The van der Waals surface area contributed by atoms with Crippen molar-refractivity contribution in [3.8, 4) is 0 Å². The van der Waals surface area contributed by atoms with Crippen molar-refractivity contribution in [3.63, 3.8) is 0 Å². The molecule has 1 saturated heterocycles. The number of hydrogen-bond donors (Lipinski definition) is 0. The third kappa shape index (κ3) is 3.99. The van der Waals surface area contributed by atoms with Crippen molar-refractivity contribution < 1.29 is 23.3 Å². The van der Waals surface area contributed by atoms with E-state index in [0.717, 1.165) is 29.3 Å². The van der Waals surface area contributed by atoms with Crippen LogP contribution in [0.3, 0.4) is 0 Å². The fraction of sp³-hybridized carbons (Fsp3) is 0.542. The van der Waals surface area contributed by atoms with E-state index in [0.29, 0.717) is 11.3 Å². The normalized spacial score (nSPS) is 23.7. The maximum absolute atomic E-state index is 13.3. The molecule has 1 aromatic rings. The van der Waals surface area contributed by atoms with Crippen LogP contribution in [0.15, 0.2) is 30.0 Å². The van der Waals surface area contributed by atoms with Crippen LogP contribution in [0.25, 0.3) is 5.57 Å². The molecule has 3 rings (SSSR count). The van der Waals surface area contributed by atoms with E-state index in [9.17, 15) is 14.4 Å². The summed E-state index contributed by atoms with van der Waals surface area (Å²) in [6.45, 7) is 12.1. The number of benzene rings is 1. The van der Waals surface area contributed by atoms with E-state index >= 15 is 0 Å². The van der Waals surface area contributed by atoms with Crippen LogP contribution in [0.1, 0.15) is 57.5 Å². The van der Waals surface area contributed by atoms with Crippen molar-refractivity contribution in [1.29, 1.82) is 0 Å². The Balaban J connectivity index is 1.96. The Kier molecular flexibility index (Phi) is 7.43. The molecule has 174 valence electrons. The number of hydrogen-bond acceptors (Lipinski definition) is 5. The molecule has 6 nitrogen and oxygen atoms in total. The van der Waals surface area contributed by atoms with Crippen LogP contribution in [-0.4, -0.2) is 43.0 Å². The minimum atomic E-state index is -1.88. The summed E-state index contributed by atoms with van der Waals surface area (Å²) in [7, 11) is 0.107. The van der Waals surface area contributed by atoms with Crippen molar-refractivity contribution in [2.75, 3.05) is 0 Å². The van der Waals surface area contributed by atoms with E-state index in [1.807, 2.05) is 35.4 Å². The summed E-state index contributed by atoms with van der Waals surface area (Å²) >= 11 is 0. The molecule has 0 radical (unpaired) electrons. The van der Waals surface area contributed by atoms with Gasteiger partial charge in [-0.1, -0.05) is 52.0 Å². The molecule has 2 aliphatic rings. The van der Waals surface area contributed by atoms with Gasteiger partial charge < -0.3 is 13.8 Å². The molecule has 1 fully saturated rings. The zero-order valence-corrected chi connectivity index (χ0v) is 22.0. The van der Waals surface area contributed by atoms with Gasteiger partial charge in [-0.25, -0.2) is 4.79 Å². The predicted molar refractivity (Wildman–Crippen MR) is 130 cm³/mol. The molecule has 0 aromatic heterocycles. The smallest absolute Gasteiger partial charge is 0.357 e. The second-order valence-electron chi connectivity index (χ2n) is 8.88. The van der Waals surface area contributed by atoms with Crippen molar-refractivity contribution >= 4 is 41.0 Å². The van der Waals surface area contributed by atoms with E-state index in [-0.39, 0.29) is 35.7 Å². The Morgan fingerprint density at radius 3 is 2.16 bits per heavy atom. The monoisotopic (exact) mass is 475 g/mol. The Morgan fingerprint density at radius 1 is 1.12 bits per heavy atom. The first-order valence-corrected chi connectivity index (χ1v) is 14.4. The zero-order chi connectivity index (χ0) is 23.8. The lowest BCUT2D eigenvalue weighted by Gasteiger charge is -2.49. The van der Waals surface area contributed by atoms with Gasteiger partial charge in [0.1, 0.15) is 5.70 Å². The standard InChI is InChI=1S/C24H34NO5PSi/c1-7-32(8-2,9-3)30-16(6)20-21-14(4)19(18-12-10-17(11-13-18)15(5)26)22(24(28)29-31)25(21)23(20)27/h10-14,16,20-21H,7-9,31H2,1-6H3/t14-,16+,20+,21+/m0/s1. The van der Waals surface area contributed by atoms with Gasteiger partial charge in [-0.15, -0.1) is 0 Å². The van der Waals surface area contributed by atoms with Crippen molar-refractivity contribution in [2.45, 2.75) is 71.8 Å². The van der Waals surface area contributed by atoms with Crippen LogP contribution in [0.5, 0.6) is 0 Å². The highest BCUT2D eigenvalue weighted by atomic mass is 31.0. The van der Waals surface area contributed by atoms with Gasteiger partial charge in [0.25, 0.3) is 0 Å². The van der Waals surface area contributed by atoms with Gasteiger partial charge in [-0.05, 0) is 43.1 Å². The summed E-state index contributed by atoms with van der Waals surface area (Å²) < 4.78 is 11.6. The number of β-lactam (4-membered cyclic amide) rings is 1. The molecule has 2 aliphatic heterocycles. The van der Waals surface area contributed by atoms with Crippen molar-refractivity contribution in [2.24, 2.45) is 11.8 Å². The topological polar surface area (TPSA) is 72.9 Å². The van der Waals surface area contributed by atoms with Gasteiger partial charge in [-0.2, -0.15) is 0 Å². The fourth-order valence-corrected chi connectivity index (χ4v) is 8.38. The lowest BCUT2D eigenvalue weighted by Crippen LogP contribution is -2.65. The minimum absolute atomic E-state index is 0.0185. The number of carbonyl (C=O) groups excluding carboxylic acids is 3. The summed E-state index contributed by atoms with van der Waals surface area (Å²) in [6, 6.07) is 10.1. The molecule has 5 atom stereocenters. The average Bonchev–Trinajstić information content (AvgIpc) is 3.05. The van der Waals surface area contributed by atoms with Crippen molar-refractivity contribution in [1.82, 2.24) is 4.90 Å². The molecular weight excluding hydrogens is 441 g/mol. The van der Waals surface area contributed by atoms with Crippen LogP contribution in [-0.2, 0) is 18.5 Å². The second kappa shape index (κ2) is 9.58. The summed E-state index contributed by atoms with van der Waals surface area (Å²) in [5, 5.41) is 0. The number of Topliss-reactive ketones (excluding diaryl/α,β-unsaturated/α-hetero) is 1. The molecular formula is C24H34NO5PSi. The van der Waals surface area contributed by atoms with Gasteiger partial charge in [-0.3, -0.25) is 9.59 Å². The molecule has 0 spiro atoms. The highest BCUT2D eigenvalue weighted by Crippen LogP contribution is 2.51. The molecule has 1 amide bonds. The van der Waals surface area contributed by atoms with Crippen LogP contribution < -0.4 is 0 Å². The number of rotatable bonds is 9.